The van der Waals surface area contributed by atoms with Crippen LogP contribution in [0.3, 0.4) is 0 Å². The van der Waals surface area contributed by atoms with E-state index >= 15 is 0 Å². The Bertz CT molecular complexity index is 516. The molecule has 0 radical (unpaired) electrons. The third kappa shape index (κ3) is 7.19. The highest BCUT2D eigenvalue weighted by Crippen LogP contribution is 2.17. The predicted molar refractivity (Wildman–Crippen MR) is 94.7 cm³/mol. The van der Waals surface area contributed by atoms with Crippen LogP contribution < -0.4 is 15.4 Å². The molecular formula is C17H25ClN2O4. The number of ether oxygens (including phenoxy) is 2. The van der Waals surface area contributed by atoms with Crippen molar-refractivity contribution in [1.29, 1.82) is 0 Å². The maximum absolute atomic E-state index is 11.9. The summed E-state index contributed by atoms with van der Waals surface area (Å²) in [6.45, 7) is 1.45. The number of methoxy groups -OCH3 is 1. The topological polar surface area (TPSA) is 76.7 Å². The van der Waals surface area contributed by atoms with E-state index in [0.717, 1.165) is 25.1 Å². The van der Waals surface area contributed by atoms with Gasteiger partial charge >= 0.3 is 5.97 Å². The van der Waals surface area contributed by atoms with Gasteiger partial charge in [0.2, 0.25) is 5.91 Å². The van der Waals surface area contributed by atoms with Gasteiger partial charge in [-0.15, -0.1) is 12.4 Å². The number of esters is 1. The van der Waals surface area contributed by atoms with E-state index in [4.69, 9.17) is 4.74 Å². The van der Waals surface area contributed by atoms with Crippen LogP contribution in [0.1, 0.15) is 32.1 Å². The molecule has 1 saturated heterocycles. The fourth-order valence-corrected chi connectivity index (χ4v) is 2.51. The molecule has 1 aromatic rings. The van der Waals surface area contributed by atoms with Gasteiger partial charge in [-0.2, -0.15) is 0 Å². The zero-order valence-corrected chi connectivity index (χ0v) is 14.7. The molecular weight excluding hydrogens is 332 g/mol. The van der Waals surface area contributed by atoms with Crippen molar-refractivity contribution in [3.63, 3.8) is 0 Å². The second kappa shape index (κ2) is 10.9. The molecule has 0 bridgehead atoms. The predicted octanol–water partition coefficient (Wildman–Crippen LogP) is 2.52. The Kier molecular flexibility index (Phi) is 9.19. The Morgan fingerprint density at radius 2 is 2.04 bits per heavy atom. The van der Waals surface area contributed by atoms with E-state index in [0.29, 0.717) is 37.7 Å². The molecule has 0 saturated carbocycles. The third-order valence-electron chi connectivity index (χ3n) is 3.75. The van der Waals surface area contributed by atoms with Crippen LogP contribution >= 0.6 is 12.4 Å². The van der Waals surface area contributed by atoms with Gasteiger partial charge in [-0.1, -0.05) is 0 Å². The van der Waals surface area contributed by atoms with Crippen LogP contribution in [0.25, 0.3) is 0 Å². The van der Waals surface area contributed by atoms with Gasteiger partial charge < -0.3 is 20.1 Å². The monoisotopic (exact) mass is 356 g/mol. The van der Waals surface area contributed by atoms with Crippen LogP contribution in [-0.4, -0.2) is 38.2 Å². The average Bonchev–Trinajstić information content (AvgIpc) is 3.05. The van der Waals surface area contributed by atoms with Crippen LogP contribution in [0.15, 0.2) is 24.3 Å². The molecule has 1 aliphatic rings. The first kappa shape index (κ1) is 20.3. The van der Waals surface area contributed by atoms with Crippen molar-refractivity contribution in [2.45, 2.75) is 38.1 Å². The second-order valence-corrected chi connectivity index (χ2v) is 5.60. The van der Waals surface area contributed by atoms with Crippen LogP contribution in [-0.2, 0) is 14.3 Å². The second-order valence-electron chi connectivity index (χ2n) is 5.60. The Morgan fingerprint density at radius 3 is 2.67 bits per heavy atom. The minimum atomic E-state index is -0.233. The van der Waals surface area contributed by atoms with Crippen LogP contribution in [0.5, 0.6) is 5.75 Å². The fourth-order valence-electron chi connectivity index (χ4n) is 2.51. The molecule has 1 amide bonds. The molecule has 0 aromatic heterocycles. The molecule has 2 rings (SSSR count). The number of benzene rings is 1. The first-order valence-electron chi connectivity index (χ1n) is 8.00. The summed E-state index contributed by atoms with van der Waals surface area (Å²) < 4.78 is 10.1. The van der Waals surface area contributed by atoms with Gasteiger partial charge in [-0.25, -0.2) is 0 Å². The van der Waals surface area contributed by atoms with Gasteiger partial charge in [-0.3, -0.25) is 9.59 Å². The molecule has 7 heteroatoms. The molecule has 1 atom stereocenters. The molecule has 0 aliphatic carbocycles. The van der Waals surface area contributed by atoms with Crippen molar-refractivity contribution in [2.75, 3.05) is 25.6 Å². The van der Waals surface area contributed by atoms with Crippen LogP contribution in [0, 0.1) is 0 Å². The lowest BCUT2D eigenvalue weighted by molar-refractivity contribution is -0.140. The minimum absolute atomic E-state index is 0. The lowest BCUT2D eigenvalue weighted by atomic mass is 10.1. The van der Waals surface area contributed by atoms with E-state index in [-0.39, 0.29) is 24.3 Å². The van der Waals surface area contributed by atoms with Gasteiger partial charge in [0, 0.05) is 24.6 Å². The van der Waals surface area contributed by atoms with Gasteiger partial charge in [0.15, 0.2) is 0 Å². The van der Waals surface area contributed by atoms with Crippen molar-refractivity contribution in [3.8, 4) is 5.75 Å². The van der Waals surface area contributed by atoms with Crippen LogP contribution in [0.2, 0.25) is 0 Å². The summed E-state index contributed by atoms with van der Waals surface area (Å²) in [5, 5.41) is 6.20. The minimum Gasteiger partial charge on any atom is -0.494 e. The zero-order chi connectivity index (χ0) is 16.5. The van der Waals surface area contributed by atoms with Crippen molar-refractivity contribution in [1.82, 2.24) is 5.32 Å². The standard InChI is InChI=1S/C17H24N2O4.ClH/c1-22-17(21)5-3-11-23-15-8-6-13(7-9-15)19-16(20)12-14-4-2-10-18-14;/h6-9,14,18H,2-5,10-12H2,1H3,(H,19,20);1H. The summed E-state index contributed by atoms with van der Waals surface area (Å²) in [6.07, 6.45) is 3.66. The number of hydrogen-bond acceptors (Lipinski definition) is 5. The Hall–Kier alpha value is -1.79. The first-order chi connectivity index (χ1) is 11.2. The third-order valence-corrected chi connectivity index (χ3v) is 3.75. The molecule has 134 valence electrons. The molecule has 24 heavy (non-hydrogen) atoms. The van der Waals surface area contributed by atoms with Gasteiger partial charge in [0.1, 0.15) is 5.75 Å². The smallest absolute Gasteiger partial charge is 0.305 e. The maximum atomic E-state index is 11.9. The summed E-state index contributed by atoms with van der Waals surface area (Å²) in [7, 11) is 1.37. The normalized spacial score (nSPS) is 16.1. The Labute approximate surface area is 148 Å². The van der Waals surface area contributed by atoms with E-state index in [9.17, 15) is 9.59 Å². The molecule has 1 fully saturated rings. The van der Waals surface area contributed by atoms with Crippen molar-refractivity contribution < 1.29 is 19.1 Å². The first-order valence-corrected chi connectivity index (χ1v) is 8.00. The Balaban J connectivity index is 0.00000288. The van der Waals surface area contributed by atoms with E-state index in [1.54, 1.807) is 0 Å². The number of nitrogens with one attached hydrogen (secondary N) is 2. The summed E-state index contributed by atoms with van der Waals surface area (Å²) in [4.78, 5) is 22.9. The molecule has 1 unspecified atom stereocenters. The number of amides is 1. The molecule has 2 N–H and O–H groups in total. The summed E-state index contributed by atoms with van der Waals surface area (Å²) >= 11 is 0. The molecule has 1 aromatic carbocycles. The highest BCUT2D eigenvalue weighted by Gasteiger charge is 2.17. The number of carbonyl (C=O) groups excluding carboxylic acids is 2. The number of hydrogen-bond donors (Lipinski definition) is 2. The molecule has 6 nitrogen and oxygen atoms in total. The number of anilines is 1. The number of carbonyl (C=O) groups is 2. The van der Waals surface area contributed by atoms with Crippen LogP contribution in [0.4, 0.5) is 5.69 Å². The van der Waals surface area contributed by atoms with E-state index in [1.165, 1.54) is 7.11 Å². The van der Waals surface area contributed by atoms with E-state index < -0.39 is 0 Å². The molecule has 1 aliphatic heterocycles. The molecule has 0 spiro atoms. The van der Waals surface area contributed by atoms with E-state index in [2.05, 4.69) is 15.4 Å². The van der Waals surface area contributed by atoms with Gasteiger partial charge in [-0.05, 0) is 50.1 Å². The lowest BCUT2D eigenvalue weighted by Gasteiger charge is -2.11. The Morgan fingerprint density at radius 1 is 1.29 bits per heavy atom. The molecule has 1 heterocycles. The highest BCUT2D eigenvalue weighted by molar-refractivity contribution is 5.91. The van der Waals surface area contributed by atoms with E-state index in [1.807, 2.05) is 24.3 Å². The quantitative estimate of drug-likeness (QED) is 0.553. The average molecular weight is 357 g/mol. The SMILES string of the molecule is COC(=O)CCCOc1ccc(NC(=O)CC2CCCN2)cc1.Cl. The summed E-state index contributed by atoms with van der Waals surface area (Å²) in [5.74, 6) is 0.505. The van der Waals surface area contributed by atoms with Crippen molar-refractivity contribution >= 4 is 30.0 Å². The number of rotatable bonds is 8. The van der Waals surface area contributed by atoms with Crippen molar-refractivity contribution in [2.24, 2.45) is 0 Å². The van der Waals surface area contributed by atoms with Crippen molar-refractivity contribution in [3.05, 3.63) is 24.3 Å². The summed E-state index contributed by atoms with van der Waals surface area (Å²) in [5.41, 5.74) is 0.759. The fraction of sp³-hybridized carbons (Fsp3) is 0.529. The zero-order valence-electron chi connectivity index (χ0n) is 13.9. The largest absolute Gasteiger partial charge is 0.494 e. The lowest BCUT2D eigenvalue weighted by Crippen LogP contribution is -2.27. The highest BCUT2D eigenvalue weighted by atomic mass is 35.5. The van der Waals surface area contributed by atoms with Gasteiger partial charge in [0.05, 0.1) is 13.7 Å². The van der Waals surface area contributed by atoms with Gasteiger partial charge in [0.25, 0.3) is 0 Å². The number of halogens is 1. The summed E-state index contributed by atoms with van der Waals surface area (Å²) in [6, 6.07) is 7.54. The maximum Gasteiger partial charge on any atom is 0.305 e.